The molecule has 0 aliphatic heterocycles. The SMILES string of the molecule is FC(F)(F)C(NC(c1ccccc1)C(F)(F)F)c1ccccc1. The third kappa shape index (κ3) is 4.48. The highest BCUT2D eigenvalue weighted by molar-refractivity contribution is 5.24. The average Bonchev–Trinajstić information content (AvgIpc) is 2.47. The zero-order valence-electron chi connectivity index (χ0n) is 11.7. The molecule has 0 heterocycles. The number of nitrogens with one attached hydrogen (secondary N) is 1. The van der Waals surface area contributed by atoms with Crippen LogP contribution in [-0.4, -0.2) is 12.4 Å². The Morgan fingerprint density at radius 3 is 1.13 bits per heavy atom. The molecule has 0 bridgehead atoms. The van der Waals surface area contributed by atoms with E-state index in [0.29, 0.717) is 0 Å². The minimum atomic E-state index is -4.86. The molecule has 2 aromatic rings. The summed E-state index contributed by atoms with van der Waals surface area (Å²) in [4.78, 5) is 0. The Kier molecular flexibility index (Phi) is 4.99. The van der Waals surface area contributed by atoms with Crippen molar-refractivity contribution in [3.05, 3.63) is 71.8 Å². The molecule has 2 unspecified atom stereocenters. The van der Waals surface area contributed by atoms with E-state index in [4.69, 9.17) is 0 Å². The van der Waals surface area contributed by atoms with Crippen LogP contribution in [-0.2, 0) is 0 Å². The van der Waals surface area contributed by atoms with Gasteiger partial charge in [0.05, 0.1) is 0 Å². The lowest BCUT2D eigenvalue weighted by atomic mass is 10.0. The van der Waals surface area contributed by atoms with E-state index in [9.17, 15) is 26.3 Å². The van der Waals surface area contributed by atoms with Crippen LogP contribution in [0.1, 0.15) is 23.2 Å². The van der Waals surface area contributed by atoms with Crippen LogP contribution in [0, 0.1) is 0 Å². The van der Waals surface area contributed by atoms with Gasteiger partial charge in [-0.2, -0.15) is 26.3 Å². The maximum absolute atomic E-state index is 13.2. The summed E-state index contributed by atoms with van der Waals surface area (Å²) in [6.07, 6.45) is -9.72. The van der Waals surface area contributed by atoms with E-state index >= 15 is 0 Å². The predicted octanol–water partition coefficient (Wildman–Crippen LogP) is 5.18. The monoisotopic (exact) mass is 333 g/mol. The summed E-state index contributed by atoms with van der Waals surface area (Å²) in [5, 5.41) is 1.72. The van der Waals surface area contributed by atoms with E-state index in [1.165, 1.54) is 36.4 Å². The van der Waals surface area contributed by atoms with Crippen LogP contribution >= 0.6 is 0 Å². The Morgan fingerprint density at radius 1 is 0.565 bits per heavy atom. The molecule has 0 radical (unpaired) electrons. The normalized spacial score (nSPS) is 15.2. The first-order valence-corrected chi connectivity index (χ1v) is 6.69. The number of benzene rings is 2. The molecule has 0 aromatic heterocycles. The van der Waals surface area contributed by atoms with Gasteiger partial charge in [0.25, 0.3) is 0 Å². The van der Waals surface area contributed by atoms with Gasteiger partial charge in [-0.25, -0.2) is 0 Å². The van der Waals surface area contributed by atoms with Gasteiger partial charge in [-0.15, -0.1) is 0 Å². The van der Waals surface area contributed by atoms with Crippen LogP contribution < -0.4 is 5.32 Å². The fourth-order valence-corrected chi connectivity index (χ4v) is 2.22. The van der Waals surface area contributed by atoms with Gasteiger partial charge in [-0.1, -0.05) is 60.7 Å². The maximum atomic E-state index is 13.2. The first-order chi connectivity index (χ1) is 10.7. The van der Waals surface area contributed by atoms with Gasteiger partial charge in [0.2, 0.25) is 0 Å². The first-order valence-electron chi connectivity index (χ1n) is 6.69. The van der Waals surface area contributed by atoms with Gasteiger partial charge in [-0.05, 0) is 11.1 Å². The zero-order valence-corrected chi connectivity index (χ0v) is 11.7. The molecular formula is C16H13F6N. The smallest absolute Gasteiger partial charge is 0.288 e. The van der Waals surface area contributed by atoms with Crippen molar-refractivity contribution in [1.29, 1.82) is 0 Å². The Labute approximate surface area is 128 Å². The van der Waals surface area contributed by atoms with Crippen LogP contribution in [0.2, 0.25) is 0 Å². The second-order valence-electron chi connectivity index (χ2n) is 4.94. The second-order valence-corrected chi connectivity index (χ2v) is 4.94. The van der Waals surface area contributed by atoms with Gasteiger partial charge < -0.3 is 0 Å². The number of rotatable bonds is 4. The van der Waals surface area contributed by atoms with E-state index in [1.54, 1.807) is 5.32 Å². The van der Waals surface area contributed by atoms with Crippen LogP contribution in [0.5, 0.6) is 0 Å². The molecule has 0 fully saturated rings. The van der Waals surface area contributed by atoms with E-state index in [1.807, 2.05) is 0 Å². The lowest BCUT2D eigenvalue weighted by Crippen LogP contribution is -2.42. The van der Waals surface area contributed by atoms with Gasteiger partial charge >= 0.3 is 12.4 Å². The lowest BCUT2D eigenvalue weighted by molar-refractivity contribution is -0.190. The molecule has 0 amide bonds. The highest BCUT2D eigenvalue weighted by atomic mass is 19.4. The molecule has 2 atom stereocenters. The molecule has 2 rings (SSSR count). The van der Waals surface area contributed by atoms with Crippen LogP contribution in [0.3, 0.4) is 0 Å². The minimum absolute atomic E-state index is 0.273. The van der Waals surface area contributed by atoms with E-state index in [0.717, 1.165) is 24.3 Å². The van der Waals surface area contributed by atoms with Gasteiger partial charge in [0.15, 0.2) is 0 Å². The summed E-state index contributed by atoms with van der Waals surface area (Å²) >= 11 is 0. The highest BCUT2D eigenvalue weighted by Crippen LogP contribution is 2.39. The summed E-state index contributed by atoms with van der Waals surface area (Å²) in [7, 11) is 0. The maximum Gasteiger partial charge on any atom is 0.407 e. The fourth-order valence-electron chi connectivity index (χ4n) is 2.22. The molecule has 1 nitrogen and oxygen atoms in total. The second kappa shape index (κ2) is 6.62. The summed E-state index contributed by atoms with van der Waals surface area (Å²) < 4.78 is 79.4. The molecule has 7 heteroatoms. The quantitative estimate of drug-likeness (QED) is 0.760. The first kappa shape index (κ1) is 17.3. The largest absolute Gasteiger partial charge is 0.407 e. The standard InChI is InChI=1S/C16H13F6N/c17-15(18,19)13(11-7-3-1-4-8-11)23-14(16(20,21)22)12-9-5-2-6-10-12/h1-10,13-14,23H. The molecule has 23 heavy (non-hydrogen) atoms. The molecule has 0 aliphatic rings. The Morgan fingerprint density at radius 2 is 0.870 bits per heavy atom. The third-order valence-corrected chi connectivity index (χ3v) is 3.25. The summed E-state index contributed by atoms with van der Waals surface area (Å²) in [5.41, 5.74) is -0.546. The number of alkyl halides is 6. The van der Waals surface area contributed by atoms with Crippen molar-refractivity contribution in [3.63, 3.8) is 0 Å². The van der Waals surface area contributed by atoms with E-state index in [-0.39, 0.29) is 11.1 Å². The molecule has 2 aromatic carbocycles. The Balaban J connectivity index is 2.39. The predicted molar refractivity (Wildman–Crippen MR) is 73.6 cm³/mol. The molecule has 0 saturated carbocycles. The van der Waals surface area contributed by atoms with Crippen molar-refractivity contribution in [1.82, 2.24) is 5.32 Å². The van der Waals surface area contributed by atoms with Gasteiger partial charge in [-0.3, -0.25) is 5.32 Å². The molecule has 1 N–H and O–H groups in total. The topological polar surface area (TPSA) is 12.0 Å². The Bertz CT molecular complexity index is 550. The molecule has 0 aliphatic carbocycles. The van der Waals surface area contributed by atoms with Crippen LogP contribution in [0.25, 0.3) is 0 Å². The highest BCUT2D eigenvalue weighted by Gasteiger charge is 2.48. The van der Waals surface area contributed by atoms with Crippen molar-refractivity contribution in [2.75, 3.05) is 0 Å². The van der Waals surface area contributed by atoms with E-state index in [2.05, 4.69) is 0 Å². The molecule has 0 spiro atoms. The summed E-state index contributed by atoms with van der Waals surface area (Å²) in [6.45, 7) is 0. The van der Waals surface area contributed by atoms with Gasteiger partial charge in [0.1, 0.15) is 12.1 Å². The number of hydrogen-bond acceptors (Lipinski definition) is 1. The van der Waals surface area contributed by atoms with Crippen LogP contribution in [0.4, 0.5) is 26.3 Å². The summed E-state index contributed by atoms with van der Waals surface area (Å²) in [5.74, 6) is 0. The number of hydrogen-bond donors (Lipinski definition) is 1. The van der Waals surface area contributed by atoms with Crippen molar-refractivity contribution in [2.24, 2.45) is 0 Å². The van der Waals surface area contributed by atoms with Crippen molar-refractivity contribution >= 4 is 0 Å². The Hall–Kier alpha value is -2.02. The lowest BCUT2D eigenvalue weighted by Gasteiger charge is -2.29. The summed E-state index contributed by atoms with van der Waals surface area (Å²) in [6, 6.07) is 8.11. The van der Waals surface area contributed by atoms with Crippen LogP contribution in [0.15, 0.2) is 60.7 Å². The minimum Gasteiger partial charge on any atom is -0.288 e. The zero-order chi connectivity index (χ0) is 17.1. The molecule has 0 saturated heterocycles. The number of halogens is 6. The van der Waals surface area contributed by atoms with Crippen molar-refractivity contribution in [2.45, 2.75) is 24.4 Å². The van der Waals surface area contributed by atoms with E-state index < -0.39 is 24.4 Å². The molecule has 124 valence electrons. The van der Waals surface area contributed by atoms with Crippen molar-refractivity contribution < 1.29 is 26.3 Å². The average molecular weight is 333 g/mol. The van der Waals surface area contributed by atoms with Crippen molar-refractivity contribution in [3.8, 4) is 0 Å². The van der Waals surface area contributed by atoms with Gasteiger partial charge in [0, 0.05) is 0 Å². The molecular weight excluding hydrogens is 320 g/mol. The third-order valence-electron chi connectivity index (χ3n) is 3.25. The fraction of sp³-hybridized carbons (Fsp3) is 0.250.